The van der Waals surface area contributed by atoms with E-state index in [4.69, 9.17) is 9.47 Å². The van der Waals surface area contributed by atoms with Crippen LogP contribution in [0.1, 0.15) is 13.8 Å². The second-order valence-electron chi connectivity index (χ2n) is 5.00. The van der Waals surface area contributed by atoms with Gasteiger partial charge in [-0.3, -0.25) is 4.79 Å². The molecule has 23 heavy (non-hydrogen) atoms. The summed E-state index contributed by atoms with van der Waals surface area (Å²) in [5.41, 5.74) is 2.09. The number of pyridine rings is 1. The van der Waals surface area contributed by atoms with Gasteiger partial charge < -0.3 is 14.8 Å². The number of nitrogens with one attached hydrogen (secondary N) is 1. The Kier molecular flexibility index (Phi) is 6.72. The molecule has 2 rings (SSSR count). The van der Waals surface area contributed by atoms with Crippen molar-refractivity contribution >= 4 is 11.7 Å². The molecule has 0 aliphatic rings. The minimum atomic E-state index is -0.550. The standard InChI is InChI=1S/C18H22N2O3/c1-3-22-11-12-23-14(2)18(21)20-17-10-9-16(13-19-17)15-7-5-4-6-8-15/h4-10,13-14H,3,11-12H2,1-2H3,(H,19,20,21)/t14-/m0/s1. The molecule has 0 bridgehead atoms. The average Bonchev–Trinajstić information content (AvgIpc) is 2.60. The smallest absolute Gasteiger partial charge is 0.254 e. The van der Waals surface area contributed by atoms with Crippen LogP contribution in [0.4, 0.5) is 5.82 Å². The van der Waals surface area contributed by atoms with E-state index in [1.165, 1.54) is 0 Å². The highest BCUT2D eigenvalue weighted by Gasteiger charge is 2.13. The van der Waals surface area contributed by atoms with Crippen LogP contribution in [-0.4, -0.2) is 36.8 Å². The largest absolute Gasteiger partial charge is 0.379 e. The molecule has 0 aliphatic heterocycles. The van der Waals surface area contributed by atoms with Crippen molar-refractivity contribution in [3.63, 3.8) is 0 Å². The summed E-state index contributed by atoms with van der Waals surface area (Å²) in [4.78, 5) is 16.3. The third-order valence-corrected chi connectivity index (χ3v) is 3.29. The van der Waals surface area contributed by atoms with E-state index in [1.54, 1.807) is 19.2 Å². The molecule has 0 radical (unpaired) electrons. The van der Waals surface area contributed by atoms with E-state index in [0.717, 1.165) is 11.1 Å². The molecule has 1 N–H and O–H groups in total. The van der Waals surface area contributed by atoms with E-state index >= 15 is 0 Å². The molecule has 0 unspecified atom stereocenters. The highest BCUT2D eigenvalue weighted by Crippen LogP contribution is 2.19. The lowest BCUT2D eigenvalue weighted by Gasteiger charge is -2.13. The topological polar surface area (TPSA) is 60.5 Å². The lowest BCUT2D eigenvalue weighted by atomic mass is 10.1. The van der Waals surface area contributed by atoms with Crippen molar-refractivity contribution in [1.82, 2.24) is 4.98 Å². The number of hydrogen-bond acceptors (Lipinski definition) is 4. The van der Waals surface area contributed by atoms with Crippen LogP contribution in [0.15, 0.2) is 48.7 Å². The van der Waals surface area contributed by atoms with Crippen molar-refractivity contribution in [2.24, 2.45) is 0 Å². The van der Waals surface area contributed by atoms with Crippen molar-refractivity contribution < 1.29 is 14.3 Å². The maximum absolute atomic E-state index is 12.0. The van der Waals surface area contributed by atoms with Crippen molar-refractivity contribution in [3.05, 3.63) is 48.7 Å². The first-order valence-electron chi connectivity index (χ1n) is 7.72. The Balaban J connectivity index is 1.86. The highest BCUT2D eigenvalue weighted by molar-refractivity contribution is 5.93. The second-order valence-corrected chi connectivity index (χ2v) is 5.00. The van der Waals surface area contributed by atoms with Crippen LogP contribution in [0.5, 0.6) is 0 Å². The Morgan fingerprint density at radius 1 is 1.13 bits per heavy atom. The number of ether oxygens (including phenoxy) is 2. The summed E-state index contributed by atoms with van der Waals surface area (Å²) in [6.45, 7) is 5.14. The summed E-state index contributed by atoms with van der Waals surface area (Å²) in [5, 5.41) is 2.75. The molecule has 0 saturated carbocycles. The summed E-state index contributed by atoms with van der Waals surface area (Å²) in [6.07, 6.45) is 1.19. The predicted molar refractivity (Wildman–Crippen MR) is 90.2 cm³/mol. The summed E-state index contributed by atoms with van der Waals surface area (Å²) < 4.78 is 10.6. The number of amides is 1. The zero-order chi connectivity index (χ0) is 16.5. The summed E-state index contributed by atoms with van der Waals surface area (Å²) in [7, 11) is 0. The molecule has 0 spiro atoms. The number of nitrogens with zero attached hydrogens (tertiary/aromatic N) is 1. The first-order valence-corrected chi connectivity index (χ1v) is 7.72. The van der Waals surface area contributed by atoms with E-state index in [9.17, 15) is 4.79 Å². The van der Waals surface area contributed by atoms with Gasteiger partial charge >= 0.3 is 0 Å². The quantitative estimate of drug-likeness (QED) is 0.761. The van der Waals surface area contributed by atoms with Crippen LogP contribution in [0.2, 0.25) is 0 Å². The van der Waals surface area contributed by atoms with Crippen LogP contribution in [0, 0.1) is 0 Å². The maximum Gasteiger partial charge on any atom is 0.254 e. The lowest BCUT2D eigenvalue weighted by Crippen LogP contribution is -2.29. The number of carbonyl (C=O) groups excluding carboxylic acids is 1. The molecule has 5 nitrogen and oxygen atoms in total. The van der Waals surface area contributed by atoms with E-state index in [-0.39, 0.29) is 5.91 Å². The van der Waals surface area contributed by atoms with Crippen LogP contribution in [-0.2, 0) is 14.3 Å². The number of hydrogen-bond donors (Lipinski definition) is 1. The first-order chi connectivity index (χ1) is 11.2. The summed E-state index contributed by atoms with van der Waals surface area (Å²) in [6, 6.07) is 13.7. The van der Waals surface area contributed by atoms with Crippen LogP contribution >= 0.6 is 0 Å². The number of rotatable bonds is 8. The molecule has 0 fully saturated rings. The van der Waals surface area contributed by atoms with Gasteiger partial charge in [-0.15, -0.1) is 0 Å². The lowest BCUT2D eigenvalue weighted by molar-refractivity contribution is -0.127. The van der Waals surface area contributed by atoms with Crippen LogP contribution < -0.4 is 5.32 Å². The van der Waals surface area contributed by atoms with Gasteiger partial charge in [-0.25, -0.2) is 4.98 Å². The SMILES string of the molecule is CCOCCO[C@@H](C)C(=O)Nc1ccc(-c2ccccc2)cn1. The Bertz CT molecular complexity index is 599. The van der Waals surface area contributed by atoms with E-state index in [0.29, 0.717) is 25.6 Å². The van der Waals surface area contributed by atoms with Gasteiger partial charge in [0.2, 0.25) is 0 Å². The zero-order valence-corrected chi connectivity index (χ0v) is 13.5. The third-order valence-electron chi connectivity index (χ3n) is 3.29. The van der Waals surface area contributed by atoms with E-state index in [2.05, 4.69) is 10.3 Å². The number of benzene rings is 1. The fourth-order valence-electron chi connectivity index (χ4n) is 2.00. The van der Waals surface area contributed by atoms with Crippen molar-refractivity contribution in [3.8, 4) is 11.1 Å². The molecule has 0 aliphatic carbocycles. The number of carbonyl (C=O) groups is 1. The first kappa shape index (κ1) is 17.1. The normalized spacial score (nSPS) is 11.9. The molecular formula is C18H22N2O3. The molecule has 0 saturated heterocycles. The zero-order valence-electron chi connectivity index (χ0n) is 13.5. The van der Waals surface area contributed by atoms with Crippen molar-refractivity contribution in [1.29, 1.82) is 0 Å². The molecule has 1 atom stereocenters. The minimum Gasteiger partial charge on any atom is -0.379 e. The van der Waals surface area contributed by atoms with E-state index < -0.39 is 6.10 Å². The molecule has 5 heteroatoms. The predicted octanol–water partition coefficient (Wildman–Crippen LogP) is 3.13. The molecule has 1 aromatic heterocycles. The second kappa shape index (κ2) is 9.02. The van der Waals surface area contributed by atoms with Gasteiger partial charge in [0.05, 0.1) is 13.2 Å². The van der Waals surface area contributed by atoms with Gasteiger partial charge in [-0.05, 0) is 31.5 Å². The Morgan fingerprint density at radius 2 is 1.91 bits per heavy atom. The summed E-state index contributed by atoms with van der Waals surface area (Å²) in [5.74, 6) is 0.288. The average molecular weight is 314 g/mol. The monoisotopic (exact) mass is 314 g/mol. The van der Waals surface area contributed by atoms with Crippen LogP contribution in [0.3, 0.4) is 0 Å². The summed E-state index contributed by atoms with van der Waals surface area (Å²) >= 11 is 0. The molecule has 1 amide bonds. The van der Waals surface area contributed by atoms with Gasteiger partial charge in [0, 0.05) is 18.4 Å². The van der Waals surface area contributed by atoms with Gasteiger partial charge in [0.1, 0.15) is 11.9 Å². The molecule has 122 valence electrons. The fourth-order valence-corrected chi connectivity index (χ4v) is 2.00. The maximum atomic E-state index is 12.0. The molecule has 1 aromatic carbocycles. The number of aromatic nitrogens is 1. The minimum absolute atomic E-state index is 0.221. The fraction of sp³-hybridized carbons (Fsp3) is 0.333. The van der Waals surface area contributed by atoms with Crippen molar-refractivity contribution in [2.75, 3.05) is 25.1 Å². The van der Waals surface area contributed by atoms with E-state index in [1.807, 2.05) is 43.3 Å². The van der Waals surface area contributed by atoms with Gasteiger partial charge in [-0.2, -0.15) is 0 Å². The van der Waals surface area contributed by atoms with Gasteiger partial charge in [0.25, 0.3) is 5.91 Å². The van der Waals surface area contributed by atoms with Crippen molar-refractivity contribution in [2.45, 2.75) is 20.0 Å². The van der Waals surface area contributed by atoms with Gasteiger partial charge in [0.15, 0.2) is 0 Å². The Labute approximate surface area is 136 Å². The van der Waals surface area contributed by atoms with Crippen LogP contribution in [0.25, 0.3) is 11.1 Å². The van der Waals surface area contributed by atoms with Gasteiger partial charge in [-0.1, -0.05) is 30.3 Å². The Hall–Kier alpha value is -2.24. The third kappa shape index (κ3) is 5.47. The molecule has 1 heterocycles. The number of anilines is 1. The Morgan fingerprint density at radius 3 is 2.57 bits per heavy atom. The molecular weight excluding hydrogens is 292 g/mol. The molecule has 2 aromatic rings. The highest BCUT2D eigenvalue weighted by atomic mass is 16.5.